The summed E-state index contributed by atoms with van der Waals surface area (Å²) >= 11 is 1.34. The van der Waals surface area contributed by atoms with Gasteiger partial charge in [-0.25, -0.2) is 18.4 Å². The fourth-order valence-corrected chi connectivity index (χ4v) is 4.45. The molecule has 0 aliphatic carbocycles. The summed E-state index contributed by atoms with van der Waals surface area (Å²) in [5.41, 5.74) is 3.13. The molecule has 0 fully saturated rings. The standard InChI is InChI=1S/C20H18N4O3S2/c1-29(26,27)13-18-21-15-9-5-6-10-17(15)24(18)11-19(25)23-20-22-16(12-28-20)14-7-3-2-4-8-14/h2-10,12H,11,13H2,1H3,(H,22,23,25). The molecule has 1 N–H and O–H groups in total. The second-order valence-electron chi connectivity index (χ2n) is 6.63. The molecule has 4 aromatic rings. The summed E-state index contributed by atoms with van der Waals surface area (Å²) in [5, 5.41) is 5.17. The summed E-state index contributed by atoms with van der Waals surface area (Å²) in [7, 11) is -3.29. The predicted molar refractivity (Wildman–Crippen MR) is 114 cm³/mol. The molecule has 29 heavy (non-hydrogen) atoms. The maximum absolute atomic E-state index is 12.6. The Morgan fingerprint density at radius 3 is 2.55 bits per heavy atom. The normalized spacial score (nSPS) is 11.6. The highest BCUT2D eigenvalue weighted by Gasteiger charge is 2.18. The second-order valence-corrected chi connectivity index (χ2v) is 9.62. The van der Waals surface area contributed by atoms with Crippen LogP contribution in [0.15, 0.2) is 60.0 Å². The van der Waals surface area contributed by atoms with Crippen LogP contribution in [0.1, 0.15) is 5.82 Å². The number of hydrogen-bond donors (Lipinski definition) is 1. The summed E-state index contributed by atoms with van der Waals surface area (Å²) in [5.74, 6) is -0.186. The molecule has 2 heterocycles. The number of benzene rings is 2. The van der Waals surface area contributed by atoms with Gasteiger partial charge in [0.1, 0.15) is 18.1 Å². The SMILES string of the molecule is CS(=O)(=O)Cc1nc2ccccc2n1CC(=O)Nc1nc(-c2ccccc2)cs1. The molecule has 0 spiro atoms. The van der Waals surface area contributed by atoms with Crippen LogP contribution in [-0.4, -0.2) is 35.1 Å². The average Bonchev–Trinajstić information content (AvgIpc) is 3.26. The van der Waals surface area contributed by atoms with Crippen LogP contribution in [0.5, 0.6) is 0 Å². The molecular formula is C20H18N4O3S2. The van der Waals surface area contributed by atoms with Gasteiger partial charge in [0.15, 0.2) is 15.0 Å². The van der Waals surface area contributed by atoms with Gasteiger partial charge >= 0.3 is 0 Å². The summed E-state index contributed by atoms with van der Waals surface area (Å²) in [6.07, 6.45) is 1.15. The quantitative estimate of drug-likeness (QED) is 0.510. The van der Waals surface area contributed by atoms with Gasteiger partial charge in [-0.15, -0.1) is 11.3 Å². The Morgan fingerprint density at radius 1 is 1.07 bits per heavy atom. The number of anilines is 1. The number of rotatable bonds is 6. The van der Waals surface area contributed by atoms with Gasteiger partial charge in [0.05, 0.1) is 16.7 Å². The predicted octanol–water partition coefficient (Wildman–Crippen LogP) is 3.34. The number of aromatic nitrogens is 3. The highest BCUT2D eigenvalue weighted by Crippen LogP contribution is 2.25. The zero-order chi connectivity index (χ0) is 20.4. The maximum atomic E-state index is 12.6. The number of para-hydroxylation sites is 2. The van der Waals surface area contributed by atoms with E-state index in [1.54, 1.807) is 10.6 Å². The number of thiazole rings is 1. The van der Waals surface area contributed by atoms with E-state index >= 15 is 0 Å². The highest BCUT2D eigenvalue weighted by molar-refractivity contribution is 7.89. The first-order chi connectivity index (χ1) is 13.9. The summed E-state index contributed by atoms with van der Waals surface area (Å²) in [6.45, 7) is -0.0500. The lowest BCUT2D eigenvalue weighted by Crippen LogP contribution is -2.21. The number of nitrogens with one attached hydrogen (secondary N) is 1. The van der Waals surface area contributed by atoms with Gasteiger partial charge in [-0.3, -0.25) is 4.79 Å². The number of hydrogen-bond acceptors (Lipinski definition) is 6. The molecule has 9 heteroatoms. The molecule has 4 rings (SSSR count). The molecule has 148 valence electrons. The molecule has 0 saturated carbocycles. The second kappa shape index (κ2) is 7.76. The largest absolute Gasteiger partial charge is 0.318 e. The third kappa shape index (κ3) is 4.52. The third-order valence-electron chi connectivity index (χ3n) is 4.25. The van der Waals surface area contributed by atoms with E-state index in [0.29, 0.717) is 22.0 Å². The Kier molecular flexibility index (Phi) is 5.16. The Bertz CT molecular complexity index is 1280. The van der Waals surface area contributed by atoms with E-state index in [4.69, 9.17) is 0 Å². The minimum atomic E-state index is -3.29. The van der Waals surface area contributed by atoms with Crippen molar-refractivity contribution in [3.63, 3.8) is 0 Å². The molecule has 0 bridgehead atoms. The highest BCUT2D eigenvalue weighted by atomic mass is 32.2. The molecule has 2 aromatic heterocycles. The van der Waals surface area contributed by atoms with Crippen molar-refractivity contribution in [3.8, 4) is 11.3 Å². The number of nitrogens with zero attached hydrogens (tertiary/aromatic N) is 3. The molecule has 7 nitrogen and oxygen atoms in total. The van der Waals surface area contributed by atoms with Crippen molar-refractivity contribution in [2.75, 3.05) is 11.6 Å². The topological polar surface area (TPSA) is 94.0 Å². The monoisotopic (exact) mass is 426 g/mol. The fraction of sp³-hybridized carbons (Fsp3) is 0.150. The molecule has 1 amide bonds. The van der Waals surface area contributed by atoms with Crippen LogP contribution in [0.25, 0.3) is 22.3 Å². The first-order valence-corrected chi connectivity index (χ1v) is 11.8. The van der Waals surface area contributed by atoms with Gasteiger partial charge in [-0.05, 0) is 12.1 Å². The summed E-state index contributed by atoms with van der Waals surface area (Å²) in [4.78, 5) is 21.5. The van der Waals surface area contributed by atoms with Crippen LogP contribution in [-0.2, 0) is 26.9 Å². The van der Waals surface area contributed by atoms with E-state index in [1.807, 2.05) is 53.9 Å². The lowest BCUT2D eigenvalue weighted by atomic mass is 10.2. The van der Waals surface area contributed by atoms with Crippen molar-refractivity contribution in [1.29, 1.82) is 0 Å². The van der Waals surface area contributed by atoms with Gasteiger partial charge < -0.3 is 9.88 Å². The Labute approximate surface area is 172 Å². The zero-order valence-corrected chi connectivity index (χ0v) is 17.2. The van der Waals surface area contributed by atoms with E-state index in [-0.39, 0.29) is 18.2 Å². The molecule has 0 aliphatic rings. The Balaban J connectivity index is 1.56. The van der Waals surface area contributed by atoms with Gasteiger partial charge in [0, 0.05) is 17.2 Å². The van der Waals surface area contributed by atoms with Crippen molar-refractivity contribution in [2.24, 2.45) is 0 Å². The minimum absolute atomic E-state index is 0.0500. The van der Waals surface area contributed by atoms with Crippen molar-refractivity contribution in [2.45, 2.75) is 12.3 Å². The van der Waals surface area contributed by atoms with Gasteiger partial charge in [0.2, 0.25) is 5.91 Å². The summed E-state index contributed by atoms with van der Waals surface area (Å²) < 4.78 is 25.2. The fourth-order valence-electron chi connectivity index (χ4n) is 3.02. The van der Waals surface area contributed by atoms with Gasteiger partial charge in [0.25, 0.3) is 0 Å². The van der Waals surface area contributed by atoms with E-state index in [2.05, 4.69) is 15.3 Å². The minimum Gasteiger partial charge on any atom is -0.318 e. The molecule has 0 aliphatic heterocycles. The molecule has 2 aromatic carbocycles. The smallest absolute Gasteiger partial charge is 0.246 e. The first kappa shape index (κ1) is 19.3. The third-order valence-corrected chi connectivity index (χ3v) is 5.79. The van der Waals surface area contributed by atoms with Crippen molar-refractivity contribution >= 4 is 43.2 Å². The Morgan fingerprint density at radius 2 is 1.79 bits per heavy atom. The number of carbonyl (C=O) groups excluding carboxylic acids is 1. The zero-order valence-electron chi connectivity index (χ0n) is 15.6. The van der Waals surface area contributed by atoms with E-state index in [0.717, 1.165) is 17.5 Å². The number of amides is 1. The Hall–Kier alpha value is -3.04. The summed E-state index contributed by atoms with van der Waals surface area (Å²) in [6, 6.07) is 17.0. The molecule has 0 radical (unpaired) electrons. The number of imidazole rings is 1. The number of sulfone groups is 1. The number of carbonyl (C=O) groups is 1. The van der Waals surface area contributed by atoms with Crippen LogP contribution in [0.2, 0.25) is 0 Å². The van der Waals surface area contributed by atoms with Crippen LogP contribution < -0.4 is 5.32 Å². The molecule has 0 atom stereocenters. The van der Waals surface area contributed by atoms with E-state index < -0.39 is 9.84 Å². The van der Waals surface area contributed by atoms with E-state index in [9.17, 15) is 13.2 Å². The maximum Gasteiger partial charge on any atom is 0.246 e. The molecule has 0 unspecified atom stereocenters. The molecular weight excluding hydrogens is 408 g/mol. The lowest BCUT2D eigenvalue weighted by Gasteiger charge is -2.08. The van der Waals surface area contributed by atoms with Crippen LogP contribution >= 0.6 is 11.3 Å². The van der Waals surface area contributed by atoms with Gasteiger partial charge in [-0.1, -0.05) is 42.5 Å². The van der Waals surface area contributed by atoms with Crippen LogP contribution in [0.4, 0.5) is 5.13 Å². The van der Waals surface area contributed by atoms with E-state index in [1.165, 1.54) is 11.3 Å². The van der Waals surface area contributed by atoms with Crippen molar-refractivity contribution in [3.05, 3.63) is 65.8 Å². The average molecular weight is 427 g/mol. The number of fused-ring (bicyclic) bond motifs is 1. The van der Waals surface area contributed by atoms with Crippen LogP contribution in [0.3, 0.4) is 0 Å². The van der Waals surface area contributed by atoms with Gasteiger partial charge in [-0.2, -0.15) is 0 Å². The van der Waals surface area contributed by atoms with Crippen molar-refractivity contribution in [1.82, 2.24) is 14.5 Å². The first-order valence-electron chi connectivity index (χ1n) is 8.82. The lowest BCUT2D eigenvalue weighted by molar-refractivity contribution is -0.116. The van der Waals surface area contributed by atoms with Crippen molar-refractivity contribution < 1.29 is 13.2 Å². The van der Waals surface area contributed by atoms with Crippen LogP contribution in [0, 0.1) is 0 Å². The molecule has 0 saturated heterocycles.